The third-order valence-corrected chi connectivity index (χ3v) is 4.71. The number of nitrogens with zero attached hydrogens (tertiary/aromatic N) is 1. The summed E-state index contributed by atoms with van der Waals surface area (Å²) in [6.45, 7) is 8.91. The van der Waals surface area contributed by atoms with Crippen molar-refractivity contribution in [1.29, 1.82) is 0 Å². The van der Waals surface area contributed by atoms with Gasteiger partial charge in [0, 0.05) is 19.0 Å². The second-order valence-corrected chi connectivity index (χ2v) is 7.56. The van der Waals surface area contributed by atoms with Crippen LogP contribution in [0, 0.1) is 11.3 Å². The molecule has 1 aliphatic carbocycles. The van der Waals surface area contributed by atoms with Crippen molar-refractivity contribution in [3.63, 3.8) is 0 Å². The quantitative estimate of drug-likeness (QED) is 0.801. The molecule has 0 aromatic rings. The van der Waals surface area contributed by atoms with Gasteiger partial charge in [-0.25, -0.2) is 0 Å². The van der Waals surface area contributed by atoms with E-state index in [2.05, 4.69) is 12.2 Å². The van der Waals surface area contributed by atoms with Gasteiger partial charge >= 0.3 is 0 Å². The van der Waals surface area contributed by atoms with Gasteiger partial charge in [0.1, 0.15) is 6.04 Å². The van der Waals surface area contributed by atoms with E-state index < -0.39 is 6.04 Å². The molecule has 1 atom stereocenters. The molecular weight excluding hydrogens is 252 g/mol. The lowest BCUT2D eigenvalue weighted by Crippen LogP contribution is -2.54. The fourth-order valence-electron chi connectivity index (χ4n) is 3.30. The summed E-state index contributed by atoms with van der Waals surface area (Å²) in [5.41, 5.74) is -0.239. The molecule has 4 nitrogen and oxygen atoms in total. The molecule has 4 heteroatoms. The fraction of sp³-hybridized carbons (Fsp3) is 0.875. The van der Waals surface area contributed by atoms with Crippen molar-refractivity contribution in [1.82, 2.24) is 10.2 Å². The van der Waals surface area contributed by atoms with Gasteiger partial charge in [0.25, 0.3) is 0 Å². The van der Waals surface area contributed by atoms with E-state index in [1.54, 1.807) is 0 Å². The molecule has 0 bridgehead atoms. The number of hydrogen-bond acceptors (Lipinski definition) is 2. The largest absolute Gasteiger partial charge is 0.344 e. The number of rotatable bonds is 1. The van der Waals surface area contributed by atoms with Gasteiger partial charge < -0.3 is 10.2 Å². The Morgan fingerprint density at radius 1 is 1.10 bits per heavy atom. The van der Waals surface area contributed by atoms with Crippen LogP contribution in [0.5, 0.6) is 0 Å². The highest BCUT2D eigenvalue weighted by atomic mass is 16.2. The Bertz CT molecular complexity index is 378. The van der Waals surface area contributed by atoms with Crippen molar-refractivity contribution < 1.29 is 9.59 Å². The number of amides is 2. The van der Waals surface area contributed by atoms with Crippen LogP contribution in [0.4, 0.5) is 0 Å². The van der Waals surface area contributed by atoms with Gasteiger partial charge in [-0.3, -0.25) is 9.59 Å². The highest BCUT2D eigenvalue weighted by Gasteiger charge is 2.40. The zero-order valence-electron chi connectivity index (χ0n) is 13.2. The Balaban J connectivity index is 2.15. The van der Waals surface area contributed by atoms with Crippen LogP contribution in [-0.2, 0) is 9.59 Å². The summed E-state index contributed by atoms with van der Waals surface area (Å²) in [5, 5.41) is 2.92. The van der Waals surface area contributed by atoms with Crippen LogP contribution in [0.2, 0.25) is 0 Å². The zero-order chi connectivity index (χ0) is 14.9. The third kappa shape index (κ3) is 3.33. The van der Waals surface area contributed by atoms with E-state index >= 15 is 0 Å². The molecule has 1 unspecified atom stereocenters. The second-order valence-electron chi connectivity index (χ2n) is 7.56. The van der Waals surface area contributed by atoms with Crippen molar-refractivity contribution >= 4 is 11.8 Å². The topological polar surface area (TPSA) is 49.4 Å². The predicted octanol–water partition coefficient (Wildman–Crippen LogP) is 2.33. The smallest absolute Gasteiger partial charge is 0.245 e. The van der Waals surface area contributed by atoms with Crippen LogP contribution in [0.15, 0.2) is 0 Å². The molecule has 20 heavy (non-hydrogen) atoms. The van der Waals surface area contributed by atoms with Gasteiger partial charge in [0.05, 0.1) is 0 Å². The Hall–Kier alpha value is -1.06. The highest BCUT2D eigenvalue weighted by Crippen LogP contribution is 2.30. The number of nitrogens with one attached hydrogen (secondary N) is 1. The molecule has 1 saturated heterocycles. The molecule has 0 radical (unpaired) electrons. The Morgan fingerprint density at radius 2 is 1.70 bits per heavy atom. The lowest BCUT2D eigenvalue weighted by Gasteiger charge is -2.39. The third-order valence-electron chi connectivity index (χ3n) is 4.71. The first-order valence-electron chi connectivity index (χ1n) is 7.89. The summed E-state index contributed by atoms with van der Waals surface area (Å²) < 4.78 is 0. The Labute approximate surface area is 122 Å². The summed E-state index contributed by atoms with van der Waals surface area (Å²) in [7, 11) is 0. The first kappa shape index (κ1) is 15.3. The standard InChI is InChI=1S/C16H28N2O2/c1-11-5-7-12(8-6-11)18-10-9-13(19)17-14(15(18)20)16(2,3)4/h11-12,14H,5-10H2,1-4H3,(H,17,19). The van der Waals surface area contributed by atoms with Gasteiger partial charge in [-0.15, -0.1) is 0 Å². The van der Waals surface area contributed by atoms with Crippen molar-refractivity contribution in [2.24, 2.45) is 11.3 Å². The highest BCUT2D eigenvalue weighted by molar-refractivity contribution is 5.90. The number of hydrogen-bond donors (Lipinski definition) is 1. The van der Waals surface area contributed by atoms with E-state index in [-0.39, 0.29) is 17.2 Å². The molecule has 1 aliphatic heterocycles. The fourth-order valence-corrected chi connectivity index (χ4v) is 3.30. The summed E-state index contributed by atoms with van der Waals surface area (Å²) in [4.78, 5) is 26.7. The van der Waals surface area contributed by atoms with Gasteiger partial charge in [0.15, 0.2) is 0 Å². The average molecular weight is 280 g/mol. The minimum atomic E-state index is -0.392. The maximum absolute atomic E-state index is 12.8. The molecule has 2 fully saturated rings. The van der Waals surface area contributed by atoms with E-state index in [0.717, 1.165) is 18.8 Å². The van der Waals surface area contributed by atoms with Crippen LogP contribution in [0.1, 0.15) is 59.8 Å². The molecule has 1 N–H and O–H groups in total. The normalized spacial score (nSPS) is 32.8. The van der Waals surface area contributed by atoms with E-state index in [1.165, 1.54) is 12.8 Å². The Kier molecular flexibility index (Phi) is 4.40. The van der Waals surface area contributed by atoms with Crippen LogP contribution < -0.4 is 5.32 Å². The molecule has 114 valence electrons. The molecule has 0 aromatic heterocycles. The van der Waals surface area contributed by atoms with Crippen molar-refractivity contribution in [3.8, 4) is 0 Å². The van der Waals surface area contributed by atoms with Crippen LogP contribution >= 0.6 is 0 Å². The van der Waals surface area contributed by atoms with Crippen molar-refractivity contribution in [2.45, 2.75) is 71.9 Å². The second kappa shape index (κ2) is 5.74. The predicted molar refractivity (Wildman–Crippen MR) is 79.1 cm³/mol. The molecule has 0 aromatic carbocycles. The van der Waals surface area contributed by atoms with Crippen LogP contribution in [-0.4, -0.2) is 35.3 Å². The summed E-state index contributed by atoms with van der Waals surface area (Å²) in [6.07, 6.45) is 4.98. The SMILES string of the molecule is CC1CCC(N2CCC(=O)NC(C(C)(C)C)C2=O)CC1. The summed E-state index contributed by atoms with van der Waals surface area (Å²) in [6, 6.07) is -0.0619. The van der Waals surface area contributed by atoms with E-state index in [0.29, 0.717) is 19.0 Å². The lowest BCUT2D eigenvalue weighted by atomic mass is 9.83. The first-order chi connectivity index (χ1) is 9.29. The van der Waals surface area contributed by atoms with E-state index in [1.807, 2.05) is 25.7 Å². The number of carbonyl (C=O) groups is 2. The minimum Gasteiger partial charge on any atom is -0.344 e. The average Bonchev–Trinajstić information content (AvgIpc) is 2.50. The van der Waals surface area contributed by atoms with Gasteiger partial charge in [-0.1, -0.05) is 27.7 Å². The monoisotopic (exact) mass is 280 g/mol. The van der Waals surface area contributed by atoms with E-state index in [9.17, 15) is 9.59 Å². The van der Waals surface area contributed by atoms with Gasteiger partial charge in [-0.2, -0.15) is 0 Å². The van der Waals surface area contributed by atoms with Gasteiger partial charge in [0.2, 0.25) is 11.8 Å². The molecule has 2 amide bonds. The molecule has 0 spiro atoms. The van der Waals surface area contributed by atoms with Gasteiger partial charge in [-0.05, 0) is 37.0 Å². The molecule has 2 aliphatic rings. The molecule has 2 rings (SSSR count). The van der Waals surface area contributed by atoms with Crippen molar-refractivity contribution in [2.75, 3.05) is 6.54 Å². The molecular formula is C16H28N2O2. The van der Waals surface area contributed by atoms with Crippen molar-refractivity contribution in [3.05, 3.63) is 0 Å². The Morgan fingerprint density at radius 3 is 2.25 bits per heavy atom. The van der Waals surface area contributed by atoms with E-state index in [4.69, 9.17) is 0 Å². The maximum atomic E-state index is 12.8. The number of carbonyl (C=O) groups excluding carboxylic acids is 2. The van der Waals surface area contributed by atoms with Crippen LogP contribution in [0.25, 0.3) is 0 Å². The lowest BCUT2D eigenvalue weighted by molar-refractivity contribution is -0.139. The zero-order valence-corrected chi connectivity index (χ0v) is 13.2. The molecule has 1 saturated carbocycles. The molecule has 1 heterocycles. The summed E-state index contributed by atoms with van der Waals surface area (Å²) >= 11 is 0. The van der Waals surface area contributed by atoms with Crippen LogP contribution in [0.3, 0.4) is 0 Å². The minimum absolute atomic E-state index is 0.00459. The summed E-state index contributed by atoms with van der Waals surface area (Å²) in [5.74, 6) is 0.888. The first-order valence-corrected chi connectivity index (χ1v) is 7.89. The maximum Gasteiger partial charge on any atom is 0.245 e.